The molecule has 2 heterocycles. The van der Waals surface area contributed by atoms with Crippen molar-refractivity contribution >= 4 is 25.6 Å². The summed E-state index contributed by atoms with van der Waals surface area (Å²) < 4.78 is 27.3. The summed E-state index contributed by atoms with van der Waals surface area (Å²) in [6, 6.07) is 8.27. The first-order valence-electron chi connectivity index (χ1n) is 12.5. The fourth-order valence-corrected chi connectivity index (χ4v) is 6.92. The van der Waals surface area contributed by atoms with Crippen molar-refractivity contribution in [2.75, 3.05) is 18.5 Å². The number of esters is 1. The van der Waals surface area contributed by atoms with E-state index >= 15 is 0 Å². The van der Waals surface area contributed by atoms with E-state index in [-0.39, 0.29) is 49.4 Å². The molecule has 4 rings (SSSR count). The van der Waals surface area contributed by atoms with Gasteiger partial charge < -0.3 is 24.3 Å². The van der Waals surface area contributed by atoms with E-state index in [2.05, 4.69) is 27.0 Å². The van der Waals surface area contributed by atoms with Crippen molar-refractivity contribution < 1.29 is 23.7 Å². The predicted molar refractivity (Wildman–Crippen MR) is 143 cm³/mol. The number of rotatable bonds is 11. The fraction of sp³-hybridized carbons (Fsp3) is 0.500. The molecule has 0 radical (unpaired) electrons. The highest BCUT2D eigenvalue weighted by Gasteiger charge is 2.47. The first kappa shape index (κ1) is 27.3. The SMILES string of the molecule is C=C1[C@@H](n2cnc3c2NC=NC3C)[C@H](CO)[C@H]1COP(=O)(Cc1ccccc1)NC(C)C(=O)OC(C)C. The molecule has 1 fully saturated rings. The second-order valence-corrected chi connectivity index (χ2v) is 12.1. The quantitative estimate of drug-likeness (QED) is 0.226. The van der Waals surface area contributed by atoms with Gasteiger partial charge in [0, 0.05) is 18.4 Å². The van der Waals surface area contributed by atoms with E-state index in [1.54, 1.807) is 33.4 Å². The van der Waals surface area contributed by atoms with Gasteiger partial charge in [-0.15, -0.1) is 0 Å². The number of nitrogens with one attached hydrogen (secondary N) is 2. The van der Waals surface area contributed by atoms with Gasteiger partial charge in [0.05, 0.1) is 43.6 Å². The van der Waals surface area contributed by atoms with Crippen LogP contribution in [0.5, 0.6) is 0 Å². The van der Waals surface area contributed by atoms with Gasteiger partial charge in [-0.25, -0.2) is 10.1 Å². The van der Waals surface area contributed by atoms with Crippen molar-refractivity contribution in [2.24, 2.45) is 16.8 Å². The summed E-state index contributed by atoms with van der Waals surface area (Å²) in [4.78, 5) is 21.3. The lowest BCUT2D eigenvalue weighted by atomic mass is 9.66. The molecule has 11 heteroatoms. The molecule has 0 bridgehead atoms. The third kappa shape index (κ3) is 5.88. The largest absolute Gasteiger partial charge is 0.462 e. The van der Waals surface area contributed by atoms with Gasteiger partial charge in [-0.05, 0) is 38.8 Å². The van der Waals surface area contributed by atoms with Crippen LogP contribution in [0.1, 0.15) is 51.0 Å². The Kier molecular flexibility index (Phi) is 8.33. The average Bonchev–Trinajstić information content (AvgIpc) is 3.27. The van der Waals surface area contributed by atoms with Crippen molar-refractivity contribution in [1.82, 2.24) is 14.6 Å². The van der Waals surface area contributed by atoms with E-state index < -0.39 is 19.5 Å². The summed E-state index contributed by atoms with van der Waals surface area (Å²) in [6.45, 7) is 11.4. The van der Waals surface area contributed by atoms with Crippen LogP contribution < -0.4 is 10.4 Å². The Balaban J connectivity index is 1.48. The van der Waals surface area contributed by atoms with Gasteiger partial charge in [0.15, 0.2) is 0 Å². The number of aromatic nitrogens is 2. The Morgan fingerprint density at radius 2 is 2.03 bits per heavy atom. The zero-order valence-corrected chi connectivity index (χ0v) is 22.6. The molecule has 2 aromatic rings. The number of aliphatic hydroxyl groups is 1. The molecule has 0 amide bonds. The summed E-state index contributed by atoms with van der Waals surface area (Å²) in [6.07, 6.45) is 3.21. The van der Waals surface area contributed by atoms with Gasteiger partial charge in [0.1, 0.15) is 17.6 Å². The molecule has 1 aromatic heterocycles. The number of anilines is 1. The third-order valence-corrected chi connectivity index (χ3v) is 8.93. The number of benzene rings is 1. The Labute approximate surface area is 217 Å². The van der Waals surface area contributed by atoms with Gasteiger partial charge in [-0.3, -0.25) is 14.4 Å². The molecule has 1 aliphatic heterocycles. The lowest BCUT2D eigenvalue weighted by Crippen LogP contribution is -2.45. The number of nitrogens with zero attached hydrogens (tertiary/aromatic N) is 3. The van der Waals surface area contributed by atoms with Crippen LogP contribution in [0.15, 0.2) is 53.8 Å². The van der Waals surface area contributed by atoms with E-state index in [1.165, 1.54) is 0 Å². The molecule has 1 aliphatic carbocycles. The number of ether oxygens (including phenoxy) is 1. The van der Waals surface area contributed by atoms with Gasteiger partial charge >= 0.3 is 5.97 Å². The monoisotopic (exact) mass is 529 g/mol. The van der Waals surface area contributed by atoms with Crippen molar-refractivity contribution in [3.05, 3.63) is 60.1 Å². The first-order chi connectivity index (χ1) is 17.6. The van der Waals surface area contributed by atoms with Crippen molar-refractivity contribution in [3.8, 4) is 0 Å². The fourth-order valence-electron chi connectivity index (χ4n) is 4.87. The minimum atomic E-state index is -3.52. The lowest BCUT2D eigenvalue weighted by molar-refractivity contribution is -0.149. The molecule has 0 spiro atoms. The number of carbonyl (C=O) groups excluding carboxylic acids is 1. The molecule has 200 valence electrons. The smallest absolute Gasteiger partial charge is 0.323 e. The number of carbonyl (C=O) groups is 1. The number of fused-ring (bicyclic) bond motifs is 1. The zero-order chi connectivity index (χ0) is 26.7. The lowest BCUT2D eigenvalue weighted by Gasteiger charge is -2.47. The summed E-state index contributed by atoms with van der Waals surface area (Å²) in [5, 5.41) is 16.3. The average molecular weight is 530 g/mol. The number of hydrogen-bond donors (Lipinski definition) is 3. The number of aliphatic hydroxyl groups excluding tert-OH is 1. The second-order valence-electron chi connectivity index (χ2n) is 9.91. The van der Waals surface area contributed by atoms with E-state index in [0.717, 1.165) is 22.6 Å². The predicted octanol–water partition coefficient (Wildman–Crippen LogP) is 4.07. The van der Waals surface area contributed by atoms with Crippen LogP contribution in [0.2, 0.25) is 0 Å². The molecule has 6 atom stereocenters. The van der Waals surface area contributed by atoms with Gasteiger partial charge in [-0.1, -0.05) is 36.9 Å². The number of aliphatic imine (C=N–C) groups is 1. The van der Waals surface area contributed by atoms with E-state index in [9.17, 15) is 14.5 Å². The molecule has 37 heavy (non-hydrogen) atoms. The minimum Gasteiger partial charge on any atom is -0.462 e. The molecular weight excluding hydrogens is 493 g/mol. The van der Waals surface area contributed by atoms with Crippen molar-refractivity contribution in [3.63, 3.8) is 0 Å². The van der Waals surface area contributed by atoms with Gasteiger partial charge in [-0.2, -0.15) is 0 Å². The van der Waals surface area contributed by atoms with Crippen molar-refractivity contribution in [1.29, 1.82) is 0 Å². The maximum Gasteiger partial charge on any atom is 0.323 e. The highest BCUT2D eigenvalue weighted by molar-refractivity contribution is 7.56. The third-order valence-electron chi connectivity index (χ3n) is 6.80. The molecule has 0 saturated heterocycles. The normalized spacial score (nSPS) is 25.1. The highest BCUT2D eigenvalue weighted by atomic mass is 31.2. The first-order valence-corrected chi connectivity index (χ1v) is 14.3. The molecule has 10 nitrogen and oxygen atoms in total. The maximum atomic E-state index is 14.0. The van der Waals surface area contributed by atoms with Crippen LogP contribution in [0.4, 0.5) is 5.82 Å². The van der Waals surface area contributed by atoms with Crippen LogP contribution in [0.25, 0.3) is 0 Å². The second kappa shape index (κ2) is 11.3. The van der Waals surface area contributed by atoms with Gasteiger partial charge in [0.25, 0.3) is 7.52 Å². The summed E-state index contributed by atoms with van der Waals surface area (Å²) in [5.74, 6) is -0.0782. The molecular formula is C26H36N5O5P. The summed E-state index contributed by atoms with van der Waals surface area (Å²) in [5.41, 5.74) is 2.51. The van der Waals surface area contributed by atoms with E-state index in [4.69, 9.17) is 9.26 Å². The number of imidazole rings is 1. The number of hydrogen-bond acceptors (Lipinski definition) is 8. The van der Waals surface area contributed by atoms with Crippen LogP contribution in [0.3, 0.4) is 0 Å². The zero-order valence-electron chi connectivity index (χ0n) is 21.7. The van der Waals surface area contributed by atoms with E-state index in [1.807, 2.05) is 41.8 Å². The van der Waals surface area contributed by atoms with Crippen LogP contribution in [-0.4, -0.2) is 52.3 Å². The van der Waals surface area contributed by atoms with E-state index in [0.29, 0.717) is 0 Å². The minimum absolute atomic E-state index is 0.0585. The Hall–Kier alpha value is -2.78. The molecule has 3 N–H and O–H groups in total. The summed E-state index contributed by atoms with van der Waals surface area (Å²) >= 11 is 0. The van der Waals surface area contributed by atoms with Crippen molar-refractivity contribution in [2.45, 2.75) is 58.1 Å². The van der Waals surface area contributed by atoms with Crippen LogP contribution in [-0.2, 0) is 24.8 Å². The standard InChI is InChI=1S/C26H36N5O5P/c1-16(2)36-26(33)19(5)30-37(34,13-20-9-7-6-8-10-20)35-12-22-17(3)24(21(22)11-32)31-15-29-23-18(4)27-14-28-25(23)31/h6-10,14-16,18-19,21-22,24,32H,3,11-13H2,1-2,4-5H3,(H,27,28)(H,30,34)/t18?,19?,21-,22+,24-,37?/m1/s1. The van der Waals surface area contributed by atoms with Crippen LogP contribution >= 0.6 is 7.52 Å². The molecule has 1 saturated carbocycles. The highest BCUT2D eigenvalue weighted by Crippen LogP contribution is 2.53. The molecule has 3 unspecified atom stereocenters. The Morgan fingerprint density at radius 3 is 2.70 bits per heavy atom. The van der Waals surface area contributed by atoms with Gasteiger partial charge in [0.2, 0.25) is 0 Å². The topological polar surface area (TPSA) is 127 Å². The summed E-state index contributed by atoms with van der Waals surface area (Å²) in [7, 11) is -3.52. The Morgan fingerprint density at radius 1 is 1.30 bits per heavy atom. The molecule has 1 aromatic carbocycles. The molecule has 2 aliphatic rings. The maximum absolute atomic E-state index is 14.0. The Bertz CT molecular complexity index is 1200. The van der Waals surface area contributed by atoms with Crippen LogP contribution in [0, 0.1) is 11.8 Å².